The highest BCUT2D eigenvalue weighted by molar-refractivity contribution is 5.80. The quantitative estimate of drug-likeness (QED) is 0.0195. The van der Waals surface area contributed by atoms with Crippen molar-refractivity contribution in [3.05, 3.63) is 12.2 Å². The molecule has 0 aromatic carbocycles. The number of aliphatic hydroxyl groups is 5. The molecule has 0 radical (unpaired) electrons. The Morgan fingerprint density at radius 1 is 0.400 bits per heavy atom. The zero-order chi connectivity index (χ0) is 68.8. The normalized spacial score (nSPS) is 17.7. The number of allylic oxidation sites excluding steroid dienone is 1. The molecule has 8 atom stereocenters. The molecular formula is C84H163NO10. The van der Waals surface area contributed by atoms with Crippen LogP contribution in [0.1, 0.15) is 451 Å². The number of rotatable bonds is 76. The lowest BCUT2D eigenvalue weighted by Gasteiger charge is -2.41. The predicted molar refractivity (Wildman–Crippen MR) is 403 cm³/mol. The van der Waals surface area contributed by atoms with E-state index in [1.807, 2.05) is 6.08 Å². The van der Waals surface area contributed by atoms with E-state index in [1.54, 1.807) is 6.08 Å². The van der Waals surface area contributed by atoms with Crippen LogP contribution in [0.25, 0.3) is 0 Å². The molecule has 0 aromatic rings. The second kappa shape index (κ2) is 72.2. The zero-order valence-corrected chi connectivity index (χ0v) is 63.3. The third-order valence-electron chi connectivity index (χ3n) is 20.7. The molecule has 1 amide bonds. The lowest BCUT2D eigenvalue weighted by Crippen LogP contribution is -2.61. The first-order valence-electron chi connectivity index (χ1n) is 42.5. The Morgan fingerprint density at radius 2 is 0.684 bits per heavy atom. The highest BCUT2D eigenvalue weighted by Crippen LogP contribution is 2.27. The first kappa shape index (κ1) is 91.4. The molecule has 0 bridgehead atoms. The third kappa shape index (κ3) is 58.7. The maximum absolute atomic E-state index is 13.6. The second-order valence-electron chi connectivity index (χ2n) is 29.9. The van der Waals surface area contributed by atoms with Crippen molar-refractivity contribution in [2.75, 3.05) is 13.2 Å². The van der Waals surface area contributed by atoms with Crippen molar-refractivity contribution in [3.63, 3.8) is 0 Å². The van der Waals surface area contributed by atoms with Gasteiger partial charge in [0.15, 0.2) is 12.4 Å². The molecular weight excluding hydrogens is 1180 g/mol. The Balaban J connectivity index is 2.45. The molecule has 6 N–H and O–H groups in total. The van der Waals surface area contributed by atoms with Gasteiger partial charge in [0.25, 0.3) is 0 Å². The maximum atomic E-state index is 13.6. The summed E-state index contributed by atoms with van der Waals surface area (Å²) >= 11 is 0. The summed E-state index contributed by atoms with van der Waals surface area (Å²) < 4.78 is 17.8. The van der Waals surface area contributed by atoms with Crippen molar-refractivity contribution in [2.24, 2.45) is 0 Å². The molecule has 1 rings (SSSR count). The van der Waals surface area contributed by atoms with E-state index in [4.69, 9.17) is 14.2 Å². The standard InChI is InChI=1S/C84H163NO10/c1-4-7-10-13-16-19-22-25-27-29-31-33-35-37-39-41-43-45-47-49-51-54-57-60-63-66-69-72-79(89)95-82-81(91)80(90)78(73-86)94-84(82)93-74-75(76(87)70-67-64-61-58-55-52-24-21-18-15-12-9-6-3)85-83(92)77(88)71-68-65-62-59-56-53-50-48-46-44-42-40-38-36-34-32-30-28-26-23-20-17-14-11-8-5-2/h67,70,75-78,80-82,84,86-88,90-91H,4-66,68-69,71-74H2,1-3H3,(H,85,92)/b70-67+. The van der Waals surface area contributed by atoms with E-state index in [1.165, 1.54) is 347 Å². The number of unbranched alkanes of at least 4 members (excludes halogenated alkanes) is 62. The van der Waals surface area contributed by atoms with Gasteiger partial charge in [0.2, 0.25) is 5.91 Å². The summed E-state index contributed by atoms with van der Waals surface area (Å²) in [6.07, 6.45) is 78.6. The SMILES string of the molecule is CCCCCCCCCCCCC/C=C/C(O)C(COC1OC(CO)C(O)C(O)C1OC(=O)CCCCCCCCCCCCCCCCCCCCCCCCCCCCC)NC(=O)C(O)CCCCCCCCCCCCCCCCCCCCCCCCCCCC. The summed E-state index contributed by atoms with van der Waals surface area (Å²) in [7, 11) is 0. The van der Waals surface area contributed by atoms with Gasteiger partial charge in [0, 0.05) is 6.42 Å². The first-order valence-corrected chi connectivity index (χ1v) is 42.5. The van der Waals surface area contributed by atoms with Crippen LogP contribution in [-0.2, 0) is 23.8 Å². The predicted octanol–water partition coefficient (Wildman–Crippen LogP) is 23.3. The Bertz CT molecular complexity index is 1600. The molecule has 95 heavy (non-hydrogen) atoms. The molecule has 11 nitrogen and oxygen atoms in total. The van der Waals surface area contributed by atoms with Crippen molar-refractivity contribution in [1.82, 2.24) is 5.32 Å². The fourth-order valence-corrected chi connectivity index (χ4v) is 14.1. The smallest absolute Gasteiger partial charge is 0.306 e. The minimum atomic E-state index is -1.61. The third-order valence-corrected chi connectivity index (χ3v) is 20.7. The number of ether oxygens (including phenoxy) is 3. The number of amides is 1. The Morgan fingerprint density at radius 3 is 0.989 bits per heavy atom. The van der Waals surface area contributed by atoms with E-state index in [-0.39, 0.29) is 13.0 Å². The maximum Gasteiger partial charge on any atom is 0.306 e. The summed E-state index contributed by atoms with van der Waals surface area (Å²) in [4.78, 5) is 26.8. The van der Waals surface area contributed by atoms with Crippen molar-refractivity contribution < 1.29 is 49.3 Å². The van der Waals surface area contributed by atoms with Crippen LogP contribution in [0, 0.1) is 0 Å². The van der Waals surface area contributed by atoms with E-state index in [9.17, 15) is 35.1 Å². The molecule has 0 spiro atoms. The molecule has 564 valence electrons. The van der Waals surface area contributed by atoms with Crippen LogP contribution in [0.5, 0.6) is 0 Å². The van der Waals surface area contributed by atoms with Gasteiger partial charge in [-0.2, -0.15) is 0 Å². The minimum absolute atomic E-state index is 0.133. The Kier molecular flexibility index (Phi) is 69.5. The number of esters is 1. The number of aliphatic hydroxyl groups excluding tert-OH is 5. The van der Waals surface area contributed by atoms with Crippen LogP contribution in [-0.4, -0.2) is 99.6 Å². The average Bonchev–Trinajstić information content (AvgIpc) is 0.821. The number of hydrogen-bond donors (Lipinski definition) is 6. The van der Waals surface area contributed by atoms with Crippen LogP contribution in [0.4, 0.5) is 0 Å². The van der Waals surface area contributed by atoms with Gasteiger partial charge in [0.1, 0.15) is 24.4 Å². The lowest BCUT2D eigenvalue weighted by molar-refractivity contribution is -0.305. The van der Waals surface area contributed by atoms with Gasteiger partial charge in [0.05, 0.1) is 25.4 Å². The lowest BCUT2D eigenvalue weighted by atomic mass is 9.99. The van der Waals surface area contributed by atoms with Crippen molar-refractivity contribution in [3.8, 4) is 0 Å². The van der Waals surface area contributed by atoms with E-state index >= 15 is 0 Å². The van der Waals surface area contributed by atoms with Crippen LogP contribution in [0.3, 0.4) is 0 Å². The van der Waals surface area contributed by atoms with Crippen LogP contribution < -0.4 is 5.32 Å². The largest absolute Gasteiger partial charge is 0.454 e. The molecule has 0 aromatic heterocycles. The van der Waals surface area contributed by atoms with Gasteiger partial charge in [-0.05, 0) is 25.7 Å². The highest BCUT2D eigenvalue weighted by atomic mass is 16.7. The Labute approximate surface area is 589 Å². The molecule has 1 saturated heterocycles. The summed E-state index contributed by atoms with van der Waals surface area (Å²) in [5, 5.41) is 57.5. The van der Waals surface area contributed by atoms with Gasteiger partial charge >= 0.3 is 5.97 Å². The Hall–Kier alpha value is -1.60. The van der Waals surface area contributed by atoms with Crippen molar-refractivity contribution in [2.45, 2.75) is 500 Å². The molecule has 1 fully saturated rings. The van der Waals surface area contributed by atoms with Crippen LogP contribution >= 0.6 is 0 Å². The van der Waals surface area contributed by atoms with Gasteiger partial charge < -0.3 is 45.1 Å². The van der Waals surface area contributed by atoms with Crippen molar-refractivity contribution in [1.29, 1.82) is 0 Å². The van der Waals surface area contributed by atoms with Crippen LogP contribution in [0.2, 0.25) is 0 Å². The van der Waals surface area contributed by atoms with E-state index in [0.29, 0.717) is 19.3 Å². The topological polar surface area (TPSA) is 175 Å². The second-order valence-corrected chi connectivity index (χ2v) is 29.9. The fourth-order valence-electron chi connectivity index (χ4n) is 14.1. The monoisotopic (exact) mass is 1350 g/mol. The summed E-state index contributed by atoms with van der Waals surface area (Å²) in [5.74, 6) is -1.16. The van der Waals surface area contributed by atoms with E-state index < -0.39 is 67.4 Å². The summed E-state index contributed by atoms with van der Waals surface area (Å²) in [6, 6.07) is -1.02. The summed E-state index contributed by atoms with van der Waals surface area (Å²) in [6.45, 7) is 5.90. The molecule has 1 heterocycles. The number of hydrogen-bond acceptors (Lipinski definition) is 10. The molecule has 1 aliphatic rings. The van der Waals surface area contributed by atoms with E-state index in [2.05, 4.69) is 26.1 Å². The first-order chi connectivity index (χ1) is 46.7. The number of carbonyl (C=O) groups is 2. The molecule has 8 unspecified atom stereocenters. The fraction of sp³-hybridized carbons (Fsp3) is 0.952. The zero-order valence-electron chi connectivity index (χ0n) is 63.3. The molecule has 0 aliphatic carbocycles. The number of carbonyl (C=O) groups excluding carboxylic acids is 2. The van der Waals surface area contributed by atoms with Crippen LogP contribution in [0.15, 0.2) is 12.2 Å². The average molecular weight is 1350 g/mol. The highest BCUT2D eigenvalue weighted by Gasteiger charge is 2.47. The molecule has 11 heteroatoms. The minimum Gasteiger partial charge on any atom is -0.454 e. The van der Waals surface area contributed by atoms with Gasteiger partial charge in [-0.3, -0.25) is 9.59 Å². The number of nitrogens with one attached hydrogen (secondary N) is 1. The van der Waals surface area contributed by atoms with Gasteiger partial charge in [-0.1, -0.05) is 431 Å². The van der Waals surface area contributed by atoms with Crippen molar-refractivity contribution >= 4 is 11.9 Å². The summed E-state index contributed by atoms with van der Waals surface area (Å²) in [5.41, 5.74) is 0. The molecule has 1 aliphatic heterocycles. The van der Waals surface area contributed by atoms with Gasteiger partial charge in [-0.25, -0.2) is 0 Å². The molecule has 0 saturated carbocycles. The van der Waals surface area contributed by atoms with E-state index in [0.717, 1.165) is 57.8 Å². The van der Waals surface area contributed by atoms with Gasteiger partial charge in [-0.15, -0.1) is 0 Å².